The predicted octanol–water partition coefficient (Wildman–Crippen LogP) is 5.65. The predicted molar refractivity (Wildman–Crippen MR) is 103 cm³/mol. The highest BCUT2D eigenvalue weighted by Crippen LogP contribution is 2.31. The van der Waals surface area contributed by atoms with Crippen LogP contribution in [0.4, 0.5) is 5.69 Å². The van der Waals surface area contributed by atoms with E-state index in [1.807, 2.05) is 30.3 Å². The number of oxazole rings is 1. The van der Waals surface area contributed by atoms with E-state index >= 15 is 0 Å². The molecule has 0 bridgehead atoms. The van der Waals surface area contributed by atoms with Crippen molar-refractivity contribution in [2.45, 2.75) is 0 Å². The summed E-state index contributed by atoms with van der Waals surface area (Å²) >= 11 is 11.9. The topological polar surface area (TPSA) is 71.5 Å². The van der Waals surface area contributed by atoms with Crippen LogP contribution in [-0.2, 0) is 0 Å². The van der Waals surface area contributed by atoms with E-state index in [1.54, 1.807) is 18.3 Å². The average Bonchev–Trinajstić information content (AvgIpc) is 3.08. The second-order valence-electron chi connectivity index (χ2n) is 5.47. The normalized spacial score (nSPS) is 11.5. The third kappa shape index (κ3) is 3.27. The minimum absolute atomic E-state index is 0.0598. The molecule has 0 atom stereocenters. The van der Waals surface area contributed by atoms with Gasteiger partial charge >= 0.3 is 0 Å². The van der Waals surface area contributed by atoms with Gasteiger partial charge in [0.25, 0.3) is 0 Å². The second kappa shape index (κ2) is 6.78. The lowest BCUT2D eigenvalue weighted by atomic mass is 10.2. The molecule has 5 nitrogen and oxygen atoms in total. The summed E-state index contributed by atoms with van der Waals surface area (Å²) in [6.07, 6.45) is 3.18. The monoisotopic (exact) mass is 383 g/mol. The largest absolute Gasteiger partial charge is 0.506 e. The van der Waals surface area contributed by atoms with Gasteiger partial charge < -0.3 is 9.52 Å². The Morgan fingerprint density at radius 2 is 1.88 bits per heavy atom. The van der Waals surface area contributed by atoms with Crippen LogP contribution < -0.4 is 0 Å². The molecule has 4 rings (SSSR count). The summed E-state index contributed by atoms with van der Waals surface area (Å²) in [5.41, 5.74) is 3.15. The van der Waals surface area contributed by atoms with E-state index in [1.165, 1.54) is 12.3 Å². The molecule has 26 heavy (non-hydrogen) atoms. The number of phenols is 1. The summed E-state index contributed by atoms with van der Waals surface area (Å²) < 4.78 is 5.69. The highest BCUT2D eigenvalue weighted by atomic mass is 35.5. The molecule has 0 aliphatic rings. The minimum Gasteiger partial charge on any atom is -0.506 e. The first-order chi connectivity index (χ1) is 12.6. The maximum atomic E-state index is 9.95. The summed E-state index contributed by atoms with van der Waals surface area (Å²) in [6.45, 7) is 0. The number of aromatic nitrogens is 2. The number of rotatable bonds is 3. The van der Waals surface area contributed by atoms with Gasteiger partial charge in [-0.25, -0.2) is 4.98 Å². The van der Waals surface area contributed by atoms with Gasteiger partial charge in [0.2, 0.25) is 5.89 Å². The average molecular weight is 384 g/mol. The molecule has 1 N–H and O–H groups in total. The fraction of sp³-hybridized carbons (Fsp3) is 0. The lowest BCUT2D eigenvalue weighted by Gasteiger charge is -2.02. The van der Waals surface area contributed by atoms with Crippen LogP contribution in [0, 0.1) is 0 Å². The number of halogens is 2. The van der Waals surface area contributed by atoms with Crippen LogP contribution in [0.2, 0.25) is 10.0 Å². The van der Waals surface area contributed by atoms with Gasteiger partial charge in [-0.3, -0.25) is 4.99 Å². The van der Waals surface area contributed by atoms with Crippen LogP contribution in [0.5, 0.6) is 5.75 Å². The van der Waals surface area contributed by atoms with Crippen molar-refractivity contribution in [3.8, 4) is 17.2 Å². The van der Waals surface area contributed by atoms with Gasteiger partial charge in [-0.15, -0.1) is 0 Å². The fourth-order valence-corrected chi connectivity index (χ4v) is 2.92. The first-order valence-electron chi connectivity index (χ1n) is 7.64. The number of nitrogens with zero attached hydrogens (tertiary/aromatic N) is 3. The van der Waals surface area contributed by atoms with E-state index in [0.29, 0.717) is 33.4 Å². The molecular formula is C19H11Cl2N3O2. The summed E-state index contributed by atoms with van der Waals surface area (Å²) in [4.78, 5) is 12.8. The van der Waals surface area contributed by atoms with E-state index in [2.05, 4.69) is 15.0 Å². The van der Waals surface area contributed by atoms with E-state index in [4.69, 9.17) is 27.6 Å². The van der Waals surface area contributed by atoms with Crippen molar-refractivity contribution >= 4 is 46.3 Å². The number of phenolic OH excluding ortho intramolecular Hbond substituents is 1. The lowest BCUT2D eigenvalue weighted by Crippen LogP contribution is -1.84. The molecule has 2 aromatic carbocycles. The van der Waals surface area contributed by atoms with Crippen molar-refractivity contribution in [2.24, 2.45) is 4.99 Å². The Morgan fingerprint density at radius 3 is 2.65 bits per heavy atom. The summed E-state index contributed by atoms with van der Waals surface area (Å²) in [5, 5.41) is 10.6. The molecule has 0 radical (unpaired) electrons. The van der Waals surface area contributed by atoms with Crippen molar-refractivity contribution < 1.29 is 9.52 Å². The molecule has 0 spiro atoms. The second-order valence-corrected chi connectivity index (χ2v) is 6.32. The molecule has 0 fully saturated rings. The van der Waals surface area contributed by atoms with Gasteiger partial charge in [-0.2, -0.15) is 4.98 Å². The smallest absolute Gasteiger partial charge is 0.228 e. The molecule has 4 aromatic rings. The summed E-state index contributed by atoms with van der Waals surface area (Å²) in [6, 6.07) is 14.0. The Balaban J connectivity index is 1.60. The van der Waals surface area contributed by atoms with Gasteiger partial charge in [-0.05, 0) is 48.5 Å². The third-order valence-corrected chi connectivity index (χ3v) is 4.20. The zero-order chi connectivity index (χ0) is 18.1. The number of aromatic hydroxyl groups is 1. The Bertz CT molecular complexity index is 1090. The van der Waals surface area contributed by atoms with Gasteiger partial charge in [0.15, 0.2) is 11.2 Å². The van der Waals surface area contributed by atoms with Crippen molar-refractivity contribution in [3.63, 3.8) is 0 Å². The Labute approximate surface area is 158 Å². The van der Waals surface area contributed by atoms with Crippen LogP contribution in [0.1, 0.15) is 5.56 Å². The van der Waals surface area contributed by atoms with E-state index in [9.17, 15) is 5.11 Å². The molecule has 0 aliphatic heterocycles. The minimum atomic E-state index is -0.0598. The van der Waals surface area contributed by atoms with Gasteiger partial charge in [0.1, 0.15) is 5.75 Å². The van der Waals surface area contributed by atoms with Crippen molar-refractivity contribution in [1.82, 2.24) is 9.97 Å². The molecule has 0 unspecified atom stereocenters. The highest BCUT2D eigenvalue weighted by Gasteiger charge is 2.09. The summed E-state index contributed by atoms with van der Waals surface area (Å²) in [7, 11) is 0. The summed E-state index contributed by atoms with van der Waals surface area (Å²) in [5.74, 6) is 0.434. The maximum Gasteiger partial charge on any atom is 0.228 e. The molecular weight excluding hydrogens is 373 g/mol. The van der Waals surface area contributed by atoms with Crippen molar-refractivity contribution in [3.05, 3.63) is 70.3 Å². The SMILES string of the molecule is Oc1c(Cl)cc(Cl)cc1C=Nc1ccc(-c2nc3ncccc3o2)cc1. The number of hydrogen-bond acceptors (Lipinski definition) is 5. The quantitative estimate of drug-likeness (QED) is 0.463. The van der Waals surface area contributed by atoms with Crippen LogP contribution >= 0.6 is 23.2 Å². The molecule has 0 saturated carbocycles. The van der Waals surface area contributed by atoms with Crippen LogP contribution in [-0.4, -0.2) is 21.3 Å². The molecule has 2 aromatic heterocycles. The molecule has 0 amide bonds. The first-order valence-corrected chi connectivity index (χ1v) is 8.40. The number of benzene rings is 2. The Morgan fingerprint density at radius 1 is 1.08 bits per heavy atom. The van der Waals surface area contributed by atoms with E-state index in [-0.39, 0.29) is 10.8 Å². The molecule has 2 heterocycles. The number of aliphatic imine (C=N–C) groups is 1. The lowest BCUT2D eigenvalue weighted by molar-refractivity contribution is 0.475. The third-order valence-electron chi connectivity index (χ3n) is 3.69. The van der Waals surface area contributed by atoms with Crippen molar-refractivity contribution in [2.75, 3.05) is 0 Å². The van der Waals surface area contributed by atoms with Crippen LogP contribution in [0.15, 0.2) is 64.1 Å². The van der Waals surface area contributed by atoms with Crippen molar-refractivity contribution in [1.29, 1.82) is 0 Å². The number of hydrogen-bond donors (Lipinski definition) is 1. The fourth-order valence-electron chi connectivity index (χ4n) is 2.41. The molecule has 0 aliphatic carbocycles. The highest BCUT2D eigenvalue weighted by molar-refractivity contribution is 6.36. The molecule has 7 heteroatoms. The Kier molecular flexibility index (Phi) is 4.32. The van der Waals surface area contributed by atoms with Crippen LogP contribution in [0.3, 0.4) is 0 Å². The number of fused-ring (bicyclic) bond motifs is 1. The van der Waals surface area contributed by atoms with Gasteiger partial charge in [0.05, 0.1) is 10.7 Å². The van der Waals surface area contributed by atoms with Gasteiger partial charge in [-0.1, -0.05) is 23.2 Å². The standard InChI is InChI=1S/C19H11Cl2N3O2/c20-13-8-12(17(25)15(21)9-13)10-23-14-5-3-11(4-6-14)19-24-18-16(26-19)2-1-7-22-18/h1-10,25H. The first kappa shape index (κ1) is 16.6. The molecule has 128 valence electrons. The van der Waals surface area contributed by atoms with Gasteiger partial charge in [0, 0.05) is 28.6 Å². The van der Waals surface area contributed by atoms with E-state index in [0.717, 1.165) is 5.56 Å². The zero-order valence-electron chi connectivity index (χ0n) is 13.2. The van der Waals surface area contributed by atoms with E-state index < -0.39 is 0 Å². The maximum absolute atomic E-state index is 9.95. The zero-order valence-corrected chi connectivity index (χ0v) is 14.7. The van der Waals surface area contributed by atoms with Crippen LogP contribution in [0.25, 0.3) is 22.7 Å². The molecule has 0 saturated heterocycles. The number of pyridine rings is 1. The Hall–Kier alpha value is -2.89.